The summed E-state index contributed by atoms with van der Waals surface area (Å²) >= 11 is 0. The molecule has 1 aromatic carbocycles. The fraction of sp³-hybridized carbons (Fsp3) is 0.562. The van der Waals surface area contributed by atoms with Crippen LogP contribution in [0.1, 0.15) is 37.2 Å². The Balaban J connectivity index is 1.91. The zero-order valence-corrected chi connectivity index (χ0v) is 11.6. The highest BCUT2D eigenvalue weighted by Crippen LogP contribution is 2.47. The Hall–Kier alpha value is -1.42. The highest BCUT2D eigenvalue weighted by molar-refractivity contribution is 5.67. The van der Waals surface area contributed by atoms with Crippen LogP contribution in [0.5, 0.6) is 0 Å². The summed E-state index contributed by atoms with van der Waals surface area (Å²) < 4.78 is 13.1. The molecule has 2 aliphatic heterocycles. The van der Waals surface area contributed by atoms with E-state index >= 15 is 0 Å². The average Bonchev–Trinajstić information content (AvgIpc) is 2.65. The van der Waals surface area contributed by atoms with Crippen molar-refractivity contribution < 1.29 is 14.3 Å². The number of halogens is 1. The molecule has 4 atom stereocenters. The molecule has 2 heterocycles. The van der Waals surface area contributed by atoms with E-state index in [0.29, 0.717) is 12.1 Å². The average molecular weight is 277 g/mol. The smallest absolute Gasteiger partial charge is 0.303 e. The van der Waals surface area contributed by atoms with Crippen LogP contribution < -0.4 is 0 Å². The predicted molar refractivity (Wildman–Crippen MR) is 74.1 cm³/mol. The molecule has 108 valence electrons. The van der Waals surface area contributed by atoms with Crippen LogP contribution >= 0.6 is 0 Å². The van der Waals surface area contributed by atoms with Gasteiger partial charge in [-0.1, -0.05) is 12.1 Å². The largest absolute Gasteiger partial charge is 0.481 e. The van der Waals surface area contributed by atoms with E-state index in [-0.39, 0.29) is 24.1 Å². The number of benzene rings is 1. The normalized spacial score (nSPS) is 33.3. The minimum Gasteiger partial charge on any atom is -0.481 e. The quantitative estimate of drug-likeness (QED) is 0.923. The van der Waals surface area contributed by atoms with E-state index in [0.717, 1.165) is 24.8 Å². The van der Waals surface area contributed by atoms with Crippen molar-refractivity contribution in [1.29, 1.82) is 0 Å². The van der Waals surface area contributed by atoms with Crippen LogP contribution in [0.3, 0.4) is 0 Å². The molecule has 2 bridgehead atoms. The summed E-state index contributed by atoms with van der Waals surface area (Å²) in [5.41, 5.74) is 1.09. The Bertz CT molecular complexity index is 502. The second-order valence-electron chi connectivity index (χ2n) is 6.12. The van der Waals surface area contributed by atoms with Gasteiger partial charge in [-0.25, -0.2) is 4.39 Å². The van der Waals surface area contributed by atoms with Crippen LogP contribution in [-0.2, 0) is 4.79 Å². The fourth-order valence-corrected chi connectivity index (χ4v) is 4.15. The number of fused-ring (bicyclic) bond motifs is 2. The molecule has 1 N–H and O–H groups in total. The van der Waals surface area contributed by atoms with E-state index in [9.17, 15) is 14.3 Å². The molecule has 2 aliphatic rings. The van der Waals surface area contributed by atoms with Gasteiger partial charge in [0.25, 0.3) is 0 Å². The number of hydrogen-bond acceptors (Lipinski definition) is 2. The number of carbonyl (C=O) groups is 1. The number of nitrogens with zero attached hydrogens (tertiary/aromatic N) is 1. The third-order valence-corrected chi connectivity index (χ3v) is 5.14. The topological polar surface area (TPSA) is 40.5 Å². The van der Waals surface area contributed by atoms with Gasteiger partial charge in [-0.15, -0.1) is 0 Å². The Labute approximate surface area is 118 Å². The van der Waals surface area contributed by atoms with Gasteiger partial charge in [0.1, 0.15) is 5.82 Å². The maximum absolute atomic E-state index is 13.1. The molecular formula is C16H20FNO2. The van der Waals surface area contributed by atoms with Crippen LogP contribution in [0.15, 0.2) is 24.3 Å². The summed E-state index contributed by atoms with van der Waals surface area (Å²) in [6.45, 7) is 0. The van der Waals surface area contributed by atoms with Gasteiger partial charge in [0.2, 0.25) is 0 Å². The van der Waals surface area contributed by atoms with Crippen molar-refractivity contribution in [2.45, 2.75) is 43.7 Å². The van der Waals surface area contributed by atoms with E-state index in [2.05, 4.69) is 11.9 Å². The first-order valence-electron chi connectivity index (χ1n) is 7.25. The minimum atomic E-state index is -0.735. The fourth-order valence-electron chi connectivity index (χ4n) is 4.15. The Kier molecular flexibility index (Phi) is 3.50. The van der Waals surface area contributed by atoms with E-state index in [1.54, 1.807) is 0 Å². The second kappa shape index (κ2) is 5.17. The zero-order chi connectivity index (χ0) is 14.3. The summed E-state index contributed by atoms with van der Waals surface area (Å²) in [5.74, 6) is -0.609. The van der Waals surface area contributed by atoms with E-state index in [1.807, 2.05) is 12.1 Å². The number of rotatable bonds is 3. The lowest BCUT2D eigenvalue weighted by molar-refractivity contribution is -0.139. The van der Waals surface area contributed by atoms with Crippen molar-refractivity contribution in [3.63, 3.8) is 0 Å². The summed E-state index contributed by atoms with van der Waals surface area (Å²) in [6, 6.07) is 7.49. The van der Waals surface area contributed by atoms with Crippen LogP contribution in [-0.4, -0.2) is 35.1 Å². The van der Waals surface area contributed by atoms with Crippen molar-refractivity contribution >= 4 is 5.97 Å². The maximum Gasteiger partial charge on any atom is 0.303 e. The molecule has 3 rings (SSSR count). The minimum absolute atomic E-state index is 0.127. The number of carboxylic acids is 1. The molecule has 2 saturated heterocycles. The Morgan fingerprint density at radius 1 is 1.35 bits per heavy atom. The third-order valence-electron chi connectivity index (χ3n) is 5.14. The first kappa shape index (κ1) is 13.6. The molecule has 0 amide bonds. The first-order chi connectivity index (χ1) is 9.56. The molecule has 0 spiro atoms. The molecule has 3 nitrogen and oxygen atoms in total. The molecule has 0 radical (unpaired) electrons. The number of aliphatic carboxylic acids is 1. The summed E-state index contributed by atoms with van der Waals surface area (Å²) in [4.78, 5) is 13.6. The zero-order valence-electron chi connectivity index (χ0n) is 11.6. The van der Waals surface area contributed by atoms with Gasteiger partial charge >= 0.3 is 5.97 Å². The van der Waals surface area contributed by atoms with Crippen LogP contribution in [0.2, 0.25) is 0 Å². The van der Waals surface area contributed by atoms with Crippen LogP contribution in [0.4, 0.5) is 4.39 Å². The van der Waals surface area contributed by atoms with Gasteiger partial charge < -0.3 is 10.0 Å². The van der Waals surface area contributed by atoms with Crippen LogP contribution in [0, 0.1) is 11.7 Å². The number of piperidine rings is 1. The van der Waals surface area contributed by atoms with Gasteiger partial charge in [-0.05, 0) is 55.8 Å². The molecule has 0 saturated carbocycles. The second-order valence-corrected chi connectivity index (χ2v) is 6.12. The summed E-state index contributed by atoms with van der Waals surface area (Å²) in [5, 5.41) is 9.21. The lowest BCUT2D eigenvalue weighted by atomic mass is 9.74. The summed E-state index contributed by atoms with van der Waals surface area (Å²) in [6.07, 6.45) is 3.41. The predicted octanol–water partition coefficient (Wildman–Crippen LogP) is 2.87. The molecule has 2 fully saturated rings. The van der Waals surface area contributed by atoms with Crippen molar-refractivity contribution in [2.75, 3.05) is 7.05 Å². The molecule has 1 aromatic rings. The first-order valence-corrected chi connectivity index (χ1v) is 7.25. The lowest BCUT2D eigenvalue weighted by Gasteiger charge is -2.43. The van der Waals surface area contributed by atoms with Gasteiger partial charge in [0, 0.05) is 12.1 Å². The highest BCUT2D eigenvalue weighted by atomic mass is 19.1. The standard InChI is InChI=1S/C16H20FNO2/c1-18-12-6-7-15(18)14(9-16(19)20)13(8-12)10-2-4-11(17)5-3-10/h2-5,12-15H,6-9H2,1H3,(H,19,20)/t12?,13?,14?,15-/m1/s1. The van der Waals surface area contributed by atoms with Gasteiger partial charge in [0.15, 0.2) is 0 Å². The van der Waals surface area contributed by atoms with Crippen molar-refractivity contribution in [3.05, 3.63) is 35.6 Å². The molecule has 0 aromatic heterocycles. The molecule has 0 aliphatic carbocycles. The molecular weight excluding hydrogens is 257 g/mol. The third kappa shape index (κ3) is 2.33. The molecule has 20 heavy (non-hydrogen) atoms. The van der Waals surface area contributed by atoms with E-state index in [1.165, 1.54) is 12.1 Å². The number of hydrogen-bond donors (Lipinski definition) is 1. The van der Waals surface area contributed by atoms with Crippen molar-refractivity contribution in [2.24, 2.45) is 5.92 Å². The Morgan fingerprint density at radius 3 is 2.70 bits per heavy atom. The van der Waals surface area contributed by atoms with Crippen molar-refractivity contribution in [1.82, 2.24) is 4.90 Å². The van der Waals surface area contributed by atoms with Gasteiger partial charge in [-0.3, -0.25) is 4.79 Å². The highest BCUT2D eigenvalue weighted by Gasteiger charge is 2.46. The van der Waals surface area contributed by atoms with Crippen molar-refractivity contribution in [3.8, 4) is 0 Å². The van der Waals surface area contributed by atoms with E-state index in [4.69, 9.17) is 0 Å². The molecule has 4 heteroatoms. The van der Waals surface area contributed by atoms with Crippen LogP contribution in [0.25, 0.3) is 0 Å². The maximum atomic E-state index is 13.1. The lowest BCUT2D eigenvalue weighted by Crippen LogP contribution is -2.46. The molecule has 3 unspecified atom stereocenters. The Morgan fingerprint density at radius 2 is 2.05 bits per heavy atom. The van der Waals surface area contributed by atoms with Gasteiger partial charge in [0.05, 0.1) is 6.42 Å². The monoisotopic (exact) mass is 277 g/mol. The van der Waals surface area contributed by atoms with E-state index < -0.39 is 5.97 Å². The van der Waals surface area contributed by atoms with Gasteiger partial charge in [-0.2, -0.15) is 0 Å². The summed E-state index contributed by atoms with van der Waals surface area (Å²) in [7, 11) is 2.11. The number of carboxylic acid groups (broad SMARTS) is 1. The SMILES string of the molecule is CN1C2CC[C@@H]1C(CC(=O)O)C(c1ccc(F)cc1)C2.